The van der Waals surface area contributed by atoms with Gasteiger partial charge in [0.15, 0.2) is 5.96 Å². The number of carbonyl (C=O) groups is 1. The molecule has 1 rings (SSSR count). The molecule has 0 fully saturated rings. The van der Waals surface area contributed by atoms with Crippen LogP contribution in [0.4, 0.5) is 0 Å². The van der Waals surface area contributed by atoms with E-state index in [-0.39, 0.29) is 5.91 Å². The minimum Gasteiger partial charge on any atom is -0.357 e. The quantitative estimate of drug-likeness (QED) is 0.409. The lowest BCUT2D eigenvalue weighted by Crippen LogP contribution is -2.41. The van der Waals surface area contributed by atoms with Crippen LogP contribution in [0.3, 0.4) is 0 Å². The molecule has 0 radical (unpaired) electrons. The number of thiophene rings is 1. The highest BCUT2D eigenvalue weighted by Gasteiger charge is 1.98. The minimum atomic E-state index is -0.0164. The van der Waals surface area contributed by atoms with Crippen LogP contribution in [-0.4, -0.2) is 31.5 Å². The molecule has 1 aromatic rings. The minimum absolute atomic E-state index is 0.0164. The van der Waals surface area contributed by atoms with Crippen LogP contribution in [0, 0.1) is 0 Å². The molecule has 5 nitrogen and oxygen atoms in total. The van der Waals surface area contributed by atoms with Crippen LogP contribution >= 0.6 is 11.3 Å². The number of hydrogen-bond donors (Lipinski definition) is 3. The first kappa shape index (κ1) is 14.5. The van der Waals surface area contributed by atoms with Crippen molar-refractivity contribution in [2.45, 2.75) is 20.4 Å². The van der Waals surface area contributed by atoms with Gasteiger partial charge >= 0.3 is 0 Å². The van der Waals surface area contributed by atoms with Crippen LogP contribution in [0.2, 0.25) is 0 Å². The molecule has 18 heavy (non-hydrogen) atoms. The smallest absolute Gasteiger partial charge is 0.216 e. The number of nitrogens with zero attached hydrogens (tertiary/aromatic N) is 1. The fourth-order valence-electron chi connectivity index (χ4n) is 1.32. The summed E-state index contributed by atoms with van der Waals surface area (Å²) in [5, 5.41) is 11.1. The van der Waals surface area contributed by atoms with Crippen LogP contribution in [0.15, 0.2) is 22.5 Å². The summed E-state index contributed by atoms with van der Waals surface area (Å²) in [5.74, 6) is 0.758. The highest BCUT2D eigenvalue weighted by molar-refractivity contribution is 7.09. The molecular formula is C12H20N4OS. The maximum absolute atomic E-state index is 10.7. The monoisotopic (exact) mass is 268 g/mol. The molecule has 1 aromatic heterocycles. The summed E-state index contributed by atoms with van der Waals surface area (Å²) in [5.41, 5.74) is 0. The van der Waals surface area contributed by atoms with Crippen molar-refractivity contribution in [3.63, 3.8) is 0 Å². The number of nitrogens with one attached hydrogen (secondary N) is 3. The molecule has 0 saturated carbocycles. The van der Waals surface area contributed by atoms with Crippen molar-refractivity contribution < 1.29 is 4.79 Å². The van der Waals surface area contributed by atoms with Crippen molar-refractivity contribution in [3.05, 3.63) is 22.4 Å². The topological polar surface area (TPSA) is 65.5 Å². The molecule has 0 saturated heterocycles. The lowest BCUT2D eigenvalue weighted by atomic mass is 10.5. The molecule has 0 bridgehead atoms. The second kappa shape index (κ2) is 8.52. The first-order valence-corrected chi connectivity index (χ1v) is 6.89. The van der Waals surface area contributed by atoms with E-state index >= 15 is 0 Å². The molecule has 0 aliphatic heterocycles. The number of aliphatic imine (C=N–C) groups is 1. The second-order valence-corrected chi connectivity index (χ2v) is 4.72. The van der Waals surface area contributed by atoms with Crippen molar-refractivity contribution in [1.82, 2.24) is 16.0 Å². The Morgan fingerprint density at radius 3 is 2.72 bits per heavy atom. The van der Waals surface area contributed by atoms with Crippen LogP contribution in [0.5, 0.6) is 0 Å². The first-order chi connectivity index (χ1) is 8.72. The van der Waals surface area contributed by atoms with Gasteiger partial charge in [0.25, 0.3) is 0 Å². The second-order valence-electron chi connectivity index (χ2n) is 3.68. The lowest BCUT2D eigenvalue weighted by molar-refractivity contribution is -0.118. The third-order valence-corrected chi connectivity index (χ3v) is 2.97. The molecule has 1 amide bonds. The predicted molar refractivity (Wildman–Crippen MR) is 75.8 cm³/mol. The van der Waals surface area contributed by atoms with Crippen molar-refractivity contribution in [2.75, 3.05) is 19.6 Å². The molecule has 0 spiro atoms. The lowest BCUT2D eigenvalue weighted by Gasteiger charge is -2.11. The van der Waals surface area contributed by atoms with Gasteiger partial charge in [-0.2, -0.15) is 0 Å². The summed E-state index contributed by atoms with van der Waals surface area (Å²) in [4.78, 5) is 16.4. The van der Waals surface area contributed by atoms with Gasteiger partial charge in [0, 0.05) is 31.4 Å². The number of hydrogen-bond acceptors (Lipinski definition) is 3. The molecular weight excluding hydrogens is 248 g/mol. The number of rotatable bonds is 6. The molecule has 1 heterocycles. The average molecular weight is 268 g/mol. The number of amides is 1. The zero-order valence-electron chi connectivity index (χ0n) is 10.8. The van der Waals surface area contributed by atoms with E-state index in [2.05, 4.69) is 27.0 Å². The predicted octanol–water partition coefficient (Wildman–Crippen LogP) is 0.939. The van der Waals surface area contributed by atoms with Crippen LogP contribution < -0.4 is 16.0 Å². The van der Waals surface area contributed by atoms with Crippen molar-refractivity contribution >= 4 is 23.2 Å². The highest BCUT2D eigenvalue weighted by atomic mass is 32.1. The maximum Gasteiger partial charge on any atom is 0.216 e. The zero-order chi connectivity index (χ0) is 13.2. The van der Waals surface area contributed by atoms with E-state index in [0.717, 1.165) is 12.5 Å². The van der Waals surface area contributed by atoms with Crippen LogP contribution in [-0.2, 0) is 11.3 Å². The largest absolute Gasteiger partial charge is 0.357 e. The van der Waals surface area contributed by atoms with Gasteiger partial charge in [0.1, 0.15) is 0 Å². The summed E-state index contributed by atoms with van der Waals surface area (Å²) < 4.78 is 0. The molecule has 0 aromatic carbocycles. The molecule has 0 atom stereocenters. The Hall–Kier alpha value is -1.56. The van der Waals surface area contributed by atoms with Gasteiger partial charge in [-0.15, -0.1) is 11.3 Å². The molecule has 6 heteroatoms. The van der Waals surface area contributed by atoms with E-state index in [9.17, 15) is 4.79 Å². The summed E-state index contributed by atoms with van der Waals surface area (Å²) >= 11 is 1.70. The summed E-state index contributed by atoms with van der Waals surface area (Å²) in [6.07, 6.45) is 0. The summed E-state index contributed by atoms with van der Waals surface area (Å²) in [6, 6.07) is 4.09. The third-order valence-electron chi connectivity index (χ3n) is 2.11. The van der Waals surface area contributed by atoms with Gasteiger partial charge in [-0.1, -0.05) is 6.07 Å². The van der Waals surface area contributed by atoms with E-state index in [1.54, 1.807) is 11.3 Å². The Bertz CT molecular complexity index is 375. The Labute approximate surface area is 112 Å². The molecule has 3 N–H and O–H groups in total. The normalized spacial score (nSPS) is 11.1. The van der Waals surface area contributed by atoms with E-state index in [4.69, 9.17) is 0 Å². The Kier molecular flexibility index (Phi) is 6.86. The number of carbonyl (C=O) groups excluding carboxylic acids is 1. The van der Waals surface area contributed by atoms with Crippen molar-refractivity contribution in [2.24, 2.45) is 4.99 Å². The number of guanidine groups is 1. The van der Waals surface area contributed by atoms with Gasteiger partial charge in [-0.3, -0.25) is 4.79 Å². The molecule has 100 valence electrons. The van der Waals surface area contributed by atoms with E-state index < -0.39 is 0 Å². The Balaban J connectivity index is 2.33. The Morgan fingerprint density at radius 1 is 1.33 bits per heavy atom. The van der Waals surface area contributed by atoms with Gasteiger partial charge in [0.2, 0.25) is 5.91 Å². The van der Waals surface area contributed by atoms with Gasteiger partial charge < -0.3 is 16.0 Å². The fourth-order valence-corrected chi connectivity index (χ4v) is 1.95. The van der Waals surface area contributed by atoms with E-state index in [0.29, 0.717) is 19.6 Å². The summed E-state index contributed by atoms with van der Waals surface area (Å²) in [7, 11) is 0. The summed E-state index contributed by atoms with van der Waals surface area (Å²) in [6.45, 7) is 6.28. The van der Waals surface area contributed by atoms with Gasteiger partial charge in [-0.05, 0) is 18.4 Å². The molecule has 0 unspecified atom stereocenters. The van der Waals surface area contributed by atoms with E-state index in [1.807, 2.05) is 18.4 Å². The molecule has 0 aliphatic rings. The van der Waals surface area contributed by atoms with Crippen molar-refractivity contribution in [1.29, 1.82) is 0 Å². The van der Waals surface area contributed by atoms with Crippen LogP contribution in [0.1, 0.15) is 18.7 Å². The highest BCUT2D eigenvalue weighted by Crippen LogP contribution is 2.09. The standard InChI is InChI=1S/C12H20N4OS/c1-3-13-12(15-7-6-14-10(2)17)16-9-11-5-4-8-18-11/h4-5,8H,3,6-7,9H2,1-2H3,(H,14,17)(H2,13,15,16). The maximum atomic E-state index is 10.7. The Morgan fingerprint density at radius 2 is 2.11 bits per heavy atom. The zero-order valence-corrected chi connectivity index (χ0v) is 11.6. The van der Waals surface area contributed by atoms with Gasteiger partial charge in [-0.25, -0.2) is 4.99 Å². The SMILES string of the molecule is CCNC(=NCc1cccs1)NCCNC(C)=O. The fraction of sp³-hybridized carbons (Fsp3) is 0.500. The van der Waals surface area contributed by atoms with Crippen LogP contribution in [0.25, 0.3) is 0 Å². The van der Waals surface area contributed by atoms with Gasteiger partial charge in [0.05, 0.1) is 6.54 Å². The van der Waals surface area contributed by atoms with E-state index in [1.165, 1.54) is 11.8 Å². The van der Waals surface area contributed by atoms with Crippen molar-refractivity contribution in [3.8, 4) is 0 Å². The first-order valence-electron chi connectivity index (χ1n) is 6.01. The third kappa shape index (κ3) is 6.24. The average Bonchev–Trinajstić information content (AvgIpc) is 2.84. The molecule has 0 aliphatic carbocycles.